The molecule has 39 heavy (non-hydrogen) atoms. The maximum absolute atomic E-state index is 15.1. The van der Waals surface area contributed by atoms with Crippen molar-refractivity contribution >= 4 is 29.3 Å². The minimum atomic E-state index is -0.945. The van der Waals surface area contributed by atoms with Crippen LogP contribution in [0.3, 0.4) is 0 Å². The molecule has 204 valence electrons. The van der Waals surface area contributed by atoms with Gasteiger partial charge in [-0.25, -0.2) is 23.2 Å². The zero-order chi connectivity index (χ0) is 27.5. The van der Waals surface area contributed by atoms with Gasteiger partial charge in [-0.2, -0.15) is 4.39 Å². The molecule has 2 fully saturated rings. The van der Waals surface area contributed by atoms with Gasteiger partial charge in [0.2, 0.25) is 11.9 Å². The minimum absolute atomic E-state index is 0.0226. The molecule has 0 spiro atoms. The third-order valence-electron chi connectivity index (χ3n) is 6.40. The van der Waals surface area contributed by atoms with Crippen LogP contribution in [0.5, 0.6) is 0 Å². The third kappa shape index (κ3) is 5.61. The molecule has 2 aliphatic rings. The molecule has 1 atom stereocenters. The van der Waals surface area contributed by atoms with E-state index in [1.807, 2.05) is 0 Å². The van der Waals surface area contributed by atoms with Crippen molar-refractivity contribution in [1.29, 1.82) is 0 Å². The van der Waals surface area contributed by atoms with Crippen molar-refractivity contribution in [3.05, 3.63) is 66.0 Å². The van der Waals surface area contributed by atoms with E-state index in [2.05, 4.69) is 20.6 Å². The van der Waals surface area contributed by atoms with Gasteiger partial charge in [0.25, 0.3) is 5.91 Å². The number of nitrogens with zero attached hydrogens (tertiary/aromatic N) is 7. The van der Waals surface area contributed by atoms with Crippen LogP contribution in [0.2, 0.25) is 0 Å². The summed E-state index contributed by atoms with van der Waals surface area (Å²) in [7, 11) is 0. The van der Waals surface area contributed by atoms with E-state index in [0.29, 0.717) is 0 Å². The first-order chi connectivity index (χ1) is 18.8. The van der Waals surface area contributed by atoms with Crippen molar-refractivity contribution in [2.45, 2.75) is 12.6 Å². The Morgan fingerprint density at radius 2 is 1.82 bits per heavy atom. The first-order valence-corrected chi connectivity index (χ1v) is 12.0. The SMILES string of the molecule is O=C(NCC(=O)N1CCN(c2c(F)cc(N3C[C@H](Cn4ccnn4)OC3=O)cc2F)CC1)c1cccnc1F. The predicted molar refractivity (Wildman–Crippen MR) is 129 cm³/mol. The molecule has 15 heteroatoms. The van der Waals surface area contributed by atoms with Crippen LogP contribution >= 0.6 is 0 Å². The van der Waals surface area contributed by atoms with Gasteiger partial charge in [-0.05, 0) is 12.1 Å². The molecule has 0 saturated carbocycles. The van der Waals surface area contributed by atoms with Gasteiger partial charge in [-0.3, -0.25) is 14.5 Å². The van der Waals surface area contributed by atoms with Crippen LogP contribution in [0.1, 0.15) is 10.4 Å². The van der Waals surface area contributed by atoms with Crippen molar-refractivity contribution in [2.75, 3.05) is 49.1 Å². The summed E-state index contributed by atoms with van der Waals surface area (Å²) in [5.41, 5.74) is -0.523. The zero-order valence-electron chi connectivity index (χ0n) is 20.5. The third-order valence-corrected chi connectivity index (χ3v) is 6.40. The van der Waals surface area contributed by atoms with Gasteiger partial charge >= 0.3 is 6.09 Å². The average Bonchev–Trinajstić information content (AvgIpc) is 3.56. The first kappa shape index (κ1) is 25.9. The lowest BCUT2D eigenvalue weighted by atomic mass is 10.2. The number of anilines is 2. The van der Waals surface area contributed by atoms with Crippen LogP contribution in [0.15, 0.2) is 42.9 Å². The number of cyclic esters (lactones) is 1. The molecule has 0 radical (unpaired) electrons. The van der Waals surface area contributed by atoms with Gasteiger partial charge < -0.3 is 19.9 Å². The van der Waals surface area contributed by atoms with Crippen molar-refractivity contribution in [3.63, 3.8) is 0 Å². The Morgan fingerprint density at radius 3 is 2.49 bits per heavy atom. The molecule has 3 aromatic rings. The Balaban J connectivity index is 1.17. The Morgan fingerprint density at radius 1 is 1.08 bits per heavy atom. The highest BCUT2D eigenvalue weighted by molar-refractivity contribution is 5.96. The molecule has 1 aromatic carbocycles. The standard InChI is InChI=1S/C24H23F3N8O4/c25-18-10-15(35-14-16(39-24(35)38)13-34-5-4-30-31-34)11-19(26)21(18)33-8-6-32(7-9-33)20(36)12-29-23(37)17-2-1-3-28-22(17)27/h1-5,10-11,16H,6-9,12-14H2,(H,29,37)/t16-/m0/s1. The number of nitrogens with one attached hydrogen (secondary N) is 1. The van der Waals surface area contributed by atoms with E-state index < -0.39 is 41.6 Å². The smallest absolute Gasteiger partial charge is 0.414 e. The maximum atomic E-state index is 15.1. The van der Waals surface area contributed by atoms with Crippen molar-refractivity contribution < 1.29 is 32.3 Å². The Hall–Kier alpha value is -4.69. The van der Waals surface area contributed by atoms with Crippen LogP contribution in [-0.2, 0) is 16.1 Å². The van der Waals surface area contributed by atoms with E-state index >= 15 is 8.78 Å². The fourth-order valence-electron chi connectivity index (χ4n) is 4.47. The number of piperazine rings is 1. The van der Waals surface area contributed by atoms with Crippen LogP contribution in [0.25, 0.3) is 0 Å². The van der Waals surface area contributed by atoms with Gasteiger partial charge in [0.1, 0.15) is 11.8 Å². The molecule has 12 nitrogen and oxygen atoms in total. The molecule has 0 unspecified atom stereocenters. The first-order valence-electron chi connectivity index (χ1n) is 12.0. The fraction of sp³-hybridized carbons (Fsp3) is 0.333. The van der Waals surface area contributed by atoms with Gasteiger partial charge in [0, 0.05) is 50.7 Å². The lowest BCUT2D eigenvalue weighted by Crippen LogP contribution is -2.51. The largest absolute Gasteiger partial charge is 0.442 e. The molecule has 5 rings (SSSR count). The molecule has 4 heterocycles. The molecule has 0 bridgehead atoms. The van der Waals surface area contributed by atoms with Crippen molar-refractivity contribution in [2.24, 2.45) is 0 Å². The lowest BCUT2D eigenvalue weighted by Gasteiger charge is -2.36. The average molecular weight is 544 g/mol. The number of carbonyl (C=O) groups excluding carboxylic acids is 3. The number of hydrogen-bond acceptors (Lipinski definition) is 8. The van der Waals surface area contributed by atoms with Crippen LogP contribution in [-0.4, -0.2) is 88.2 Å². The summed E-state index contributed by atoms with van der Waals surface area (Å²) in [5.74, 6) is -3.86. The number of ether oxygens (including phenoxy) is 1. The summed E-state index contributed by atoms with van der Waals surface area (Å²) in [6, 6.07) is 4.79. The second kappa shape index (κ2) is 11.0. The summed E-state index contributed by atoms with van der Waals surface area (Å²) in [6.07, 6.45) is 3.00. The highest BCUT2D eigenvalue weighted by Gasteiger charge is 2.34. The molecular weight excluding hydrogens is 521 g/mol. The monoisotopic (exact) mass is 544 g/mol. The van der Waals surface area contributed by atoms with E-state index in [-0.39, 0.29) is 62.8 Å². The molecule has 2 aromatic heterocycles. The summed E-state index contributed by atoms with van der Waals surface area (Å²) in [5, 5.41) is 9.86. The number of aromatic nitrogens is 4. The van der Waals surface area contributed by atoms with E-state index in [0.717, 1.165) is 17.0 Å². The molecule has 0 aliphatic carbocycles. The van der Waals surface area contributed by atoms with Crippen LogP contribution in [0.4, 0.5) is 29.3 Å². The topological polar surface area (TPSA) is 126 Å². The number of pyridine rings is 1. The molecule has 2 saturated heterocycles. The van der Waals surface area contributed by atoms with Crippen molar-refractivity contribution in [3.8, 4) is 0 Å². The van der Waals surface area contributed by atoms with Crippen LogP contribution < -0.4 is 15.1 Å². The van der Waals surface area contributed by atoms with Gasteiger partial charge in [-0.15, -0.1) is 5.10 Å². The van der Waals surface area contributed by atoms with Gasteiger partial charge in [0.15, 0.2) is 11.6 Å². The minimum Gasteiger partial charge on any atom is -0.442 e. The molecular formula is C24H23F3N8O4. The Labute approximate surface area is 219 Å². The van der Waals surface area contributed by atoms with Crippen LogP contribution in [0, 0.1) is 17.6 Å². The van der Waals surface area contributed by atoms with Gasteiger partial charge in [0.05, 0.1) is 37.1 Å². The number of hydrogen-bond donors (Lipinski definition) is 1. The van der Waals surface area contributed by atoms with Crippen molar-refractivity contribution in [1.82, 2.24) is 30.2 Å². The molecule has 3 amide bonds. The number of halogens is 3. The normalized spacial score (nSPS) is 17.4. The molecule has 2 aliphatic heterocycles. The maximum Gasteiger partial charge on any atom is 0.414 e. The summed E-state index contributed by atoms with van der Waals surface area (Å²) < 4.78 is 50.6. The highest BCUT2D eigenvalue weighted by atomic mass is 19.1. The fourth-order valence-corrected chi connectivity index (χ4v) is 4.47. The number of carbonyl (C=O) groups is 3. The second-order valence-electron chi connectivity index (χ2n) is 8.89. The quantitative estimate of drug-likeness (QED) is 0.440. The molecule has 1 N–H and O–H groups in total. The highest BCUT2D eigenvalue weighted by Crippen LogP contribution is 2.31. The lowest BCUT2D eigenvalue weighted by molar-refractivity contribution is -0.130. The summed E-state index contributed by atoms with van der Waals surface area (Å²) in [4.78, 5) is 44.4. The van der Waals surface area contributed by atoms with E-state index in [1.54, 1.807) is 6.20 Å². The van der Waals surface area contributed by atoms with E-state index in [9.17, 15) is 18.8 Å². The Bertz CT molecular complexity index is 1360. The van der Waals surface area contributed by atoms with E-state index in [1.165, 1.54) is 39.0 Å². The number of benzene rings is 1. The van der Waals surface area contributed by atoms with Gasteiger partial charge in [-0.1, -0.05) is 5.21 Å². The summed E-state index contributed by atoms with van der Waals surface area (Å²) in [6.45, 7) is 0.540. The van der Waals surface area contributed by atoms with E-state index in [4.69, 9.17) is 4.74 Å². The second-order valence-corrected chi connectivity index (χ2v) is 8.89. The number of amides is 3. The number of rotatable bonds is 7. The zero-order valence-corrected chi connectivity index (χ0v) is 20.5. The predicted octanol–water partition coefficient (Wildman–Crippen LogP) is 1.19. The Kier molecular flexibility index (Phi) is 7.29. The summed E-state index contributed by atoms with van der Waals surface area (Å²) >= 11 is 0.